The monoisotopic (exact) mass is 1050 g/mol. The van der Waals surface area contributed by atoms with E-state index in [4.69, 9.17) is 62.9 Å². The van der Waals surface area contributed by atoms with Crippen LogP contribution >= 0.6 is 11.3 Å². The van der Waals surface area contributed by atoms with E-state index in [1.54, 1.807) is 59.9 Å². The van der Waals surface area contributed by atoms with Gasteiger partial charge in [-0.1, -0.05) is 49.7 Å². The Balaban J connectivity index is 0.914. The topological polar surface area (TPSA) is 186 Å². The van der Waals surface area contributed by atoms with Crippen LogP contribution in [0, 0.1) is 23.7 Å². The molecular formula is C58H75N3O13S. The summed E-state index contributed by atoms with van der Waals surface area (Å²) in [7, 11) is 0. The third-order valence-corrected chi connectivity index (χ3v) is 14.3. The summed E-state index contributed by atoms with van der Waals surface area (Å²) in [5.74, 6) is 3.43. The maximum atomic E-state index is 13.3. The van der Waals surface area contributed by atoms with Crippen LogP contribution in [0.25, 0.3) is 10.2 Å². The molecule has 0 spiro atoms. The summed E-state index contributed by atoms with van der Waals surface area (Å²) in [4.78, 5) is 31.4. The zero-order chi connectivity index (χ0) is 52.3. The van der Waals surface area contributed by atoms with Gasteiger partial charge in [0, 0.05) is 12.1 Å². The van der Waals surface area contributed by atoms with Crippen LogP contribution in [0.4, 0.5) is 5.13 Å². The molecule has 75 heavy (non-hydrogen) atoms. The highest BCUT2D eigenvalue weighted by Crippen LogP contribution is 2.35. The standard InChI is InChI=1S/C58H75N3O13S/c1-2-3-4-7-28-61(58-60-53-8-5-6-9-55(53)75-58)59-40-47-39-52(71-41-43-10-14-45(15-11-43)56(64)73-50-22-18-48(19-23-50)69-37-35-67-32-30-63)26-27-54(47)72-42-44-12-16-46(17-13-44)57(65)74-51-24-20-49(21-25-51)70-38-36-68-34-33-66-31-29-62/h5-6,8-9,18-27,39-40,43-46,62-63H,2-4,7,10-17,28-38,41-42H2,1H3/b59-40+. The van der Waals surface area contributed by atoms with E-state index >= 15 is 0 Å². The molecule has 0 amide bonds. The normalized spacial score (nSPS) is 17.7. The van der Waals surface area contributed by atoms with Gasteiger partial charge in [0.15, 0.2) is 0 Å². The second-order valence-corrected chi connectivity index (χ2v) is 19.9. The van der Waals surface area contributed by atoms with Crippen LogP contribution in [0.15, 0.2) is 96.1 Å². The Morgan fingerprint density at radius 2 is 1.12 bits per heavy atom. The summed E-state index contributed by atoms with van der Waals surface area (Å²) in [6.45, 7) is 6.85. The van der Waals surface area contributed by atoms with Gasteiger partial charge in [0.2, 0.25) is 5.13 Å². The van der Waals surface area contributed by atoms with E-state index in [0.29, 0.717) is 107 Å². The average molecular weight is 1050 g/mol. The molecule has 1 aromatic heterocycles. The molecule has 2 aliphatic carbocycles. The number of anilines is 1. The van der Waals surface area contributed by atoms with Gasteiger partial charge in [-0.2, -0.15) is 5.10 Å². The maximum Gasteiger partial charge on any atom is 0.314 e. The number of thiazole rings is 1. The summed E-state index contributed by atoms with van der Waals surface area (Å²) in [5.41, 5.74) is 1.75. The van der Waals surface area contributed by atoms with Crippen LogP contribution in [0.5, 0.6) is 34.5 Å². The SMILES string of the molecule is CCCCCCN(/N=C/c1cc(OCC2CCC(C(=O)Oc3ccc(OCCOCCO)cc3)CC2)ccc1OCC1CCC(C(=O)Oc2ccc(OCCOCCOCCO)cc2)CC1)c1nc2ccccc2s1. The number of aliphatic hydroxyl groups excluding tert-OH is 2. The molecule has 16 nitrogen and oxygen atoms in total. The molecular weight excluding hydrogens is 979 g/mol. The van der Waals surface area contributed by atoms with Gasteiger partial charge in [-0.05, 0) is 148 Å². The van der Waals surface area contributed by atoms with Crippen molar-refractivity contribution in [2.45, 2.75) is 84.0 Å². The van der Waals surface area contributed by atoms with Crippen molar-refractivity contribution in [1.29, 1.82) is 0 Å². The molecule has 0 bridgehead atoms. The molecule has 4 aromatic carbocycles. The van der Waals surface area contributed by atoms with Crippen molar-refractivity contribution in [2.75, 3.05) is 90.8 Å². The lowest BCUT2D eigenvalue weighted by Gasteiger charge is -2.28. The zero-order valence-electron chi connectivity index (χ0n) is 43.4. The second-order valence-electron chi connectivity index (χ2n) is 18.9. The lowest BCUT2D eigenvalue weighted by atomic mass is 9.82. The van der Waals surface area contributed by atoms with Gasteiger partial charge in [0.1, 0.15) is 47.7 Å². The minimum absolute atomic E-state index is 0.0108. The van der Waals surface area contributed by atoms with Crippen molar-refractivity contribution in [2.24, 2.45) is 28.8 Å². The lowest BCUT2D eigenvalue weighted by Crippen LogP contribution is -2.28. The van der Waals surface area contributed by atoms with Crippen molar-refractivity contribution < 1.29 is 62.4 Å². The minimum Gasteiger partial charge on any atom is -0.493 e. The lowest BCUT2D eigenvalue weighted by molar-refractivity contribution is -0.141. The maximum absolute atomic E-state index is 13.3. The fraction of sp³-hybridized carbons (Fsp3) is 0.517. The molecule has 1 heterocycles. The third kappa shape index (κ3) is 19.4. The number of unbranched alkanes of at least 4 members (excludes halogenated alkanes) is 3. The molecule has 0 aliphatic heterocycles. The second kappa shape index (κ2) is 31.9. The number of carbonyl (C=O) groups is 2. The molecule has 0 unspecified atom stereocenters. The number of hydrogen-bond donors (Lipinski definition) is 2. The number of hydrazone groups is 1. The minimum atomic E-state index is -0.222. The smallest absolute Gasteiger partial charge is 0.314 e. The summed E-state index contributed by atoms with van der Waals surface area (Å²) in [5, 5.41) is 25.5. The van der Waals surface area contributed by atoms with Gasteiger partial charge in [-0.25, -0.2) is 9.99 Å². The van der Waals surface area contributed by atoms with Gasteiger partial charge in [0.05, 0.1) is 94.3 Å². The largest absolute Gasteiger partial charge is 0.493 e. The Labute approximate surface area is 445 Å². The van der Waals surface area contributed by atoms with E-state index in [2.05, 4.69) is 13.0 Å². The van der Waals surface area contributed by atoms with Crippen molar-refractivity contribution in [3.05, 3.63) is 96.6 Å². The molecule has 5 aromatic rings. The van der Waals surface area contributed by atoms with E-state index in [0.717, 1.165) is 91.7 Å². The van der Waals surface area contributed by atoms with E-state index in [1.165, 1.54) is 0 Å². The zero-order valence-corrected chi connectivity index (χ0v) is 44.2. The first-order valence-electron chi connectivity index (χ1n) is 26.8. The van der Waals surface area contributed by atoms with Crippen LogP contribution in [-0.2, 0) is 23.8 Å². The Morgan fingerprint density at radius 3 is 1.68 bits per heavy atom. The van der Waals surface area contributed by atoms with Crippen LogP contribution in [0.3, 0.4) is 0 Å². The first kappa shape index (κ1) is 56.9. The third-order valence-electron chi connectivity index (χ3n) is 13.3. The molecule has 7 rings (SSSR count). The van der Waals surface area contributed by atoms with Crippen LogP contribution < -0.4 is 33.4 Å². The molecule has 17 heteroatoms. The Morgan fingerprint density at radius 1 is 0.600 bits per heavy atom. The van der Waals surface area contributed by atoms with Crippen LogP contribution in [0.2, 0.25) is 0 Å². The fourth-order valence-electron chi connectivity index (χ4n) is 8.99. The Bertz CT molecular complexity index is 2420. The molecule has 2 N–H and O–H groups in total. The number of para-hydroxylation sites is 1. The number of esters is 2. The average Bonchev–Trinajstić information content (AvgIpc) is 3.88. The first-order chi connectivity index (χ1) is 36.9. The quantitative estimate of drug-likeness (QED) is 0.0133. The van der Waals surface area contributed by atoms with Crippen LogP contribution in [0.1, 0.15) is 89.5 Å². The molecule has 406 valence electrons. The van der Waals surface area contributed by atoms with Crippen molar-refractivity contribution in [3.63, 3.8) is 0 Å². The summed E-state index contributed by atoms with van der Waals surface area (Å²) < 4.78 is 53.0. The number of aliphatic hydroxyl groups is 2. The predicted octanol–water partition coefficient (Wildman–Crippen LogP) is 10.1. The van der Waals surface area contributed by atoms with Crippen LogP contribution in [-0.4, -0.2) is 119 Å². The van der Waals surface area contributed by atoms with E-state index in [1.807, 2.05) is 47.6 Å². The van der Waals surface area contributed by atoms with E-state index < -0.39 is 0 Å². The fourth-order valence-corrected chi connectivity index (χ4v) is 9.94. The summed E-state index contributed by atoms with van der Waals surface area (Å²) in [6.07, 6.45) is 12.5. The number of benzene rings is 4. The van der Waals surface area contributed by atoms with Crippen molar-refractivity contribution in [1.82, 2.24) is 4.98 Å². The molecule has 2 aliphatic rings. The Kier molecular flexibility index (Phi) is 24.2. The summed E-state index contributed by atoms with van der Waals surface area (Å²) in [6, 6.07) is 28.1. The van der Waals surface area contributed by atoms with Crippen molar-refractivity contribution in [3.8, 4) is 34.5 Å². The van der Waals surface area contributed by atoms with Crippen molar-refractivity contribution >= 4 is 44.8 Å². The number of nitrogens with zero attached hydrogens (tertiary/aromatic N) is 3. The molecule has 2 saturated carbocycles. The van der Waals surface area contributed by atoms with E-state index in [-0.39, 0.29) is 55.4 Å². The summed E-state index contributed by atoms with van der Waals surface area (Å²) >= 11 is 1.63. The van der Waals surface area contributed by atoms with Gasteiger partial charge < -0.3 is 52.8 Å². The number of fused-ring (bicyclic) bond motifs is 1. The van der Waals surface area contributed by atoms with Gasteiger partial charge >= 0.3 is 11.9 Å². The first-order valence-corrected chi connectivity index (χ1v) is 27.6. The number of rotatable bonds is 33. The van der Waals surface area contributed by atoms with Gasteiger partial charge in [-0.3, -0.25) is 9.59 Å². The highest BCUT2D eigenvalue weighted by molar-refractivity contribution is 7.22. The molecule has 2 fully saturated rings. The predicted molar refractivity (Wildman–Crippen MR) is 289 cm³/mol. The number of carbonyl (C=O) groups excluding carboxylic acids is 2. The number of hydrogen-bond acceptors (Lipinski definition) is 17. The highest BCUT2D eigenvalue weighted by Gasteiger charge is 2.30. The highest BCUT2D eigenvalue weighted by atomic mass is 32.1. The van der Waals surface area contributed by atoms with Gasteiger partial charge in [-0.15, -0.1) is 0 Å². The number of ether oxygens (including phenoxy) is 9. The van der Waals surface area contributed by atoms with Gasteiger partial charge in [0.25, 0.3) is 0 Å². The van der Waals surface area contributed by atoms with E-state index in [9.17, 15) is 9.59 Å². The molecule has 0 saturated heterocycles. The Hall–Kier alpha value is -5.82. The molecule has 0 radical (unpaired) electrons. The molecule has 0 atom stereocenters. The number of aromatic nitrogens is 1.